The van der Waals surface area contributed by atoms with Crippen LogP contribution in [0.2, 0.25) is 0 Å². The minimum Gasteiger partial charge on any atom is -0.481 e. The third-order valence-electron chi connectivity index (χ3n) is 5.73. The predicted molar refractivity (Wildman–Crippen MR) is 141 cm³/mol. The van der Waals surface area contributed by atoms with Gasteiger partial charge in [-0.2, -0.15) is 0 Å². The van der Waals surface area contributed by atoms with Crippen LogP contribution in [0, 0.1) is 0 Å². The van der Waals surface area contributed by atoms with Gasteiger partial charge in [-0.25, -0.2) is 0 Å². The van der Waals surface area contributed by atoms with Crippen molar-refractivity contribution in [3.63, 3.8) is 0 Å². The zero-order chi connectivity index (χ0) is 28.9. The van der Waals surface area contributed by atoms with Gasteiger partial charge in [0.1, 0.15) is 18.6 Å². The van der Waals surface area contributed by atoms with Crippen LogP contribution in [0.3, 0.4) is 0 Å². The topological polar surface area (TPSA) is 268 Å². The minimum absolute atomic E-state index is 0.0186. The molecule has 12 N–H and O–H groups in total. The van der Waals surface area contributed by atoms with E-state index in [-0.39, 0.29) is 31.8 Å². The molecule has 3 amide bonds. The predicted octanol–water partition coefficient (Wildman–Crippen LogP) is -1.87. The molecule has 3 unspecified atom stereocenters. The molecule has 2 rings (SSSR count). The average molecular weight is 547 g/mol. The van der Waals surface area contributed by atoms with Crippen molar-refractivity contribution in [2.75, 3.05) is 13.1 Å². The number of rotatable bonds is 16. The number of aliphatic imine (C=N–C) groups is 1. The van der Waals surface area contributed by atoms with Gasteiger partial charge in [0.2, 0.25) is 17.7 Å². The van der Waals surface area contributed by atoms with Crippen molar-refractivity contribution < 1.29 is 34.2 Å². The number of amides is 3. The van der Waals surface area contributed by atoms with E-state index in [0.717, 1.165) is 10.9 Å². The summed E-state index contributed by atoms with van der Waals surface area (Å²) in [7, 11) is 0. The van der Waals surface area contributed by atoms with Crippen LogP contribution in [0.5, 0.6) is 0 Å². The molecule has 1 aromatic carbocycles. The number of hydrogen-bond acceptors (Lipinski definition) is 7. The number of H-pyrrole nitrogens is 1. The van der Waals surface area contributed by atoms with Gasteiger partial charge in [-0.1, -0.05) is 18.2 Å². The molecule has 2 aromatic rings. The lowest BCUT2D eigenvalue weighted by molar-refractivity contribution is -0.140. The first-order valence-corrected chi connectivity index (χ1v) is 12.2. The Hall–Kier alpha value is -4.66. The summed E-state index contributed by atoms with van der Waals surface area (Å²) < 4.78 is 0. The van der Waals surface area contributed by atoms with Gasteiger partial charge in [-0.3, -0.25) is 29.0 Å². The zero-order valence-corrected chi connectivity index (χ0v) is 21.2. The number of para-hydroxylation sites is 1. The summed E-state index contributed by atoms with van der Waals surface area (Å²) in [5.41, 5.74) is 18.1. The average Bonchev–Trinajstić information content (AvgIpc) is 3.29. The van der Waals surface area contributed by atoms with E-state index in [1.165, 1.54) is 0 Å². The van der Waals surface area contributed by atoms with Crippen molar-refractivity contribution in [3.05, 3.63) is 36.0 Å². The van der Waals surface area contributed by atoms with Crippen LogP contribution >= 0.6 is 0 Å². The number of carboxylic acids is 2. The van der Waals surface area contributed by atoms with Crippen LogP contribution < -0.4 is 33.2 Å². The summed E-state index contributed by atoms with van der Waals surface area (Å²) in [6, 6.07) is 3.78. The third kappa shape index (κ3) is 10.3. The Bertz CT molecular complexity index is 1210. The second kappa shape index (κ2) is 14.9. The van der Waals surface area contributed by atoms with Crippen LogP contribution in [-0.4, -0.2) is 82.0 Å². The Kier molecular flexibility index (Phi) is 11.7. The summed E-state index contributed by atoms with van der Waals surface area (Å²) in [4.78, 5) is 67.5. The highest BCUT2D eigenvalue weighted by molar-refractivity contribution is 5.94. The molecule has 212 valence electrons. The Morgan fingerprint density at radius 1 is 0.923 bits per heavy atom. The third-order valence-corrected chi connectivity index (χ3v) is 5.73. The lowest BCUT2D eigenvalue weighted by Gasteiger charge is -2.24. The molecule has 0 radical (unpaired) electrons. The number of guanidine groups is 1. The van der Waals surface area contributed by atoms with E-state index >= 15 is 0 Å². The summed E-state index contributed by atoms with van der Waals surface area (Å²) in [6.45, 7) is -0.457. The van der Waals surface area contributed by atoms with Crippen LogP contribution in [0.15, 0.2) is 35.5 Å². The van der Waals surface area contributed by atoms with E-state index in [4.69, 9.17) is 27.4 Å². The fraction of sp³-hybridized carbons (Fsp3) is 0.417. The molecule has 0 aliphatic rings. The number of hydrogen-bond donors (Lipinski definition) is 9. The van der Waals surface area contributed by atoms with Crippen molar-refractivity contribution >= 4 is 46.5 Å². The molecule has 0 saturated carbocycles. The van der Waals surface area contributed by atoms with Gasteiger partial charge in [-0.05, 0) is 30.9 Å². The number of nitrogens with zero attached hydrogens (tertiary/aromatic N) is 1. The van der Waals surface area contributed by atoms with Gasteiger partial charge in [0, 0.05) is 36.5 Å². The van der Waals surface area contributed by atoms with Crippen molar-refractivity contribution in [2.24, 2.45) is 22.2 Å². The standard InChI is InChI=1S/C24H34N8O7/c25-15(5-3-9-28-24(26)27)21(37)32-18(10-13-11-29-16-6-2-1-4-14(13)16)23(39)31-17(7-8-19(33)34)22(38)30-12-20(35)36/h1-2,4,6,11,15,17-18,29H,3,5,7-10,12,25H2,(H,30,38)(H,31,39)(H,32,37)(H,33,34)(H,35,36)(H4,26,27,28). The SMILES string of the molecule is NC(N)=NCCCC(N)C(=O)NC(Cc1c[nH]c2ccccc12)C(=O)NC(CCC(=O)O)C(=O)NCC(=O)O. The van der Waals surface area contributed by atoms with Gasteiger partial charge in [-0.15, -0.1) is 0 Å². The quantitative estimate of drug-likeness (QED) is 0.0642. The minimum atomic E-state index is -1.36. The number of nitrogens with one attached hydrogen (secondary N) is 4. The summed E-state index contributed by atoms with van der Waals surface area (Å²) in [5, 5.41) is 25.9. The highest BCUT2D eigenvalue weighted by atomic mass is 16.4. The lowest BCUT2D eigenvalue weighted by atomic mass is 10.0. The van der Waals surface area contributed by atoms with Crippen molar-refractivity contribution in [1.29, 1.82) is 0 Å². The first kappa shape index (κ1) is 30.6. The number of aromatic nitrogens is 1. The molecule has 39 heavy (non-hydrogen) atoms. The molecule has 0 fully saturated rings. The highest BCUT2D eigenvalue weighted by Gasteiger charge is 2.29. The smallest absolute Gasteiger partial charge is 0.322 e. The van der Waals surface area contributed by atoms with Gasteiger partial charge < -0.3 is 48.3 Å². The molecular weight excluding hydrogens is 512 g/mol. The summed E-state index contributed by atoms with van der Waals surface area (Å²) in [5.74, 6) is -4.89. The van der Waals surface area contributed by atoms with E-state index in [9.17, 15) is 24.0 Å². The number of carboxylic acid groups (broad SMARTS) is 2. The number of aromatic amines is 1. The van der Waals surface area contributed by atoms with Gasteiger partial charge in [0.05, 0.1) is 6.04 Å². The second-order valence-electron chi connectivity index (χ2n) is 8.79. The fourth-order valence-electron chi connectivity index (χ4n) is 3.75. The van der Waals surface area contributed by atoms with E-state index in [0.29, 0.717) is 12.0 Å². The molecule has 15 heteroatoms. The highest BCUT2D eigenvalue weighted by Crippen LogP contribution is 2.19. The van der Waals surface area contributed by atoms with Crippen molar-refractivity contribution in [3.8, 4) is 0 Å². The Morgan fingerprint density at radius 3 is 2.28 bits per heavy atom. The van der Waals surface area contributed by atoms with Gasteiger partial charge in [0.15, 0.2) is 5.96 Å². The maximum Gasteiger partial charge on any atom is 0.322 e. The number of aliphatic carboxylic acids is 2. The van der Waals surface area contributed by atoms with E-state index in [1.807, 2.05) is 24.3 Å². The van der Waals surface area contributed by atoms with Crippen LogP contribution in [0.25, 0.3) is 10.9 Å². The zero-order valence-electron chi connectivity index (χ0n) is 21.2. The van der Waals surface area contributed by atoms with E-state index in [1.54, 1.807) is 6.20 Å². The van der Waals surface area contributed by atoms with Gasteiger partial charge in [0.25, 0.3) is 0 Å². The molecule has 3 atom stereocenters. The molecule has 0 spiro atoms. The molecule has 1 heterocycles. The normalized spacial score (nSPS) is 13.1. The second-order valence-corrected chi connectivity index (χ2v) is 8.79. The first-order chi connectivity index (χ1) is 18.5. The summed E-state index contributed by atoms with van der Waals surface area (Å²) >= 11 is 0. The van der Waals surface area contributed by atoms with Crippen LogP contribution in [0.1, 0.15) is 31.2 Å². The summed E-state index contributed by atoms with van der Waals surface area (Å²) in [6.07, 6.45) is 1.57. The monoisotopic (exact) mass is 546 g/mol. The number of nitrogens with two attached hydrogens (primary N) is 3. The van der Waals surface area contributed by atoms with E-state index < -0.39 is 60.8 Å². The maximum atomic E-state index is 13.3. The van der Waals surface area contributed by atoms with E-state index in [2.05, 4.69) is 25.9 Å². The van der Waals surface area contributed by atoms with Crippen molar-refractivity contribution in [2.45, 2.75) is 50.2 Å². The number of carbonyl (C=O) groups excluding carboxylic acids is 3. The molecule has 0 aliphatic heterocycles. The molecule has 0 aliphatic carbocycles. The lowest BCUT2D eigenvalue weighted by Crippen LogP contribution is -2.56. The maximum absolute atomic E-state index is 13.3. The Morgan fingerprint density at radius 2 is 1.62 bits per heavy atom. The molecule has 1 aromatic heterocycles. The van der Waals surface area contributed by atoms with Crippen molar-refractivity contribution in [1.82, 2.24) is 20.9 Å². The molecule has 15 nitrogen and oxygen atoms in total. The largest absolute Gasteiger partial charge is 0.481 e. The fourth-order valence-corrected chi connectivity index (χ4v) is 3.75. The molecule has 0 bridgehead atoms. The first-order valence-electron chi connectivity index (χ1n) is 12.2. The Labute approximate surface area is 223 Å². The molecule has 0 saturated heterocycles. The Balaban J connectivity index is 2.22. The van der Waals surface area contributed by atoms with Gasteiger partial charge >= 0.3 is 11.9 Å². The number of fused-ring (bicyclic) bond motifs is 1. The number of carbonyl (C=O) groups is 5. The molecular formula is C24H34N8O7. The number of benzene rings is 1. The van der Waals surface area contributed by atoms with Crippen LogP contribution in [0.4, 0.5) is 0 Å². The van der Waals surface area contributed by atoms with Crippen LogP contribution in [-0.2, 0) is 30.4 Å².